The van der Waals surface area contributed by atoms with Crippen molar-refractivity contribution in [3.63, 3.8) is 0 Å². The van der Waals surface area contributed by atoms with E-state index in [1.807, 2.05) is 0 Å². The van der Waals surface area contributed by atoms with Gasteiger partial charge in [0.05, 0.1) is 28.8 Å². The van der Waals surface area contributed by atoms with E-state index in [1.54, 1.807) is 42.6 Å². The molecule has 0 N–H and O–H groups in total. The van der Waals surface area contributed by atoms with Crippen LogP contribution in [0.5, 0.6) is 0 Å². The topological polar surface area (TPSA) is 150 Å². The summed E-state index contributed by atoms with van der Waals surface area (Å²) in [7, 11) is -4.49. The first-order valence-electron chi connectivity index (χ1n) is 8.90. The zero-order valence-electron chi connectivity index (χ0n) is 18.0. The molecule has 0 saturated carbocycles. The number of hydrogen-bond donors (Lipinski definition) is 0. The van der Waals surface area contributed by atoms with Gasteiger partial charge in [-0.2, -0.15) is 9.43 Å². The van der Waals surface area contributed by atoms with Crippen LogP contribution in [0.25, 0.3) is 33.9 Å². The van der Waals surface area contributed by atoms with Crippen molar-refractivity contribution in [2.75, 3.05) is 0 Å². The summed E-state index contributed by atoms with van der Waals surface area (Å²) >= 11 is 0.787. The van der Waals surface area contributed by atoms with Gasteiger partial charge < -0.3 is 9.81 Å². The number of pyridine rings is 1. The third kappa shape index (κ3) is 7.37. The Morgan fingerprint density at radius 1 is 0.794 bits per heavy atom. The molecule has 2 heterocycles. The fraction of sp³-hybridized carbons (Fsp3) is 0. The van der Waals surface area contributed by atoms with Crippen LogP contribution in [0.4, 0.5) is 0 Å². The van der Waals surface area contributed by atoms with E-state index in [9.17, 15) is 18.2 Å². The predicted molar refractivity (Wildman–Crippen MR) is 110 cm³/mol. The van der Waals surface area contributed by atoms with Gasteiger partial charge in [0.25, 0.3) is 0 Å². The molecule has 0 aliphatic rings. The third-order valence-corrected chi connectivity index (χ3v) is 5.77. The van der Waals surface area contributed by atoms with Crippen LogP contribution >= 0.6 is 12.0 Å². The van der Waals surface area contributed by atoms with Crippen molar-refractivity contribution in [2.24, 2.45) is 0 Å². The minimum atomic E-state index is -4.49. The van der Waals surface area contributed by atoms with Crippen LogP contribution in [0.2, 0.25) is 0 Å². The summed E-state index contributed by atoms with van der Waals surface area (Å²) in [6.45, 7) is 0. The molecule has 10 nitrogen and oxygen atoms in total. The standard InChI is InChI=1S/C20H14N4O6S2.2Na/c25-29-30-31-16-6-1-14(2-7-16)19-12-22-24-20(23-19)18-10-5-15(11-21-18)13-3-8-17(9-4-13)32(26,27)28;;/h1-12,25H,(H,26,27,28);;/q;2*+1/p-2. The first-order chi connectivity index (χ1) is 15.4. The Morgan fingerprint density at radius 3 is 2.03 bits per heavy atom. The first-order valence-corrected chi connectivity index (χ1v) is 11.0. The molecular formula is C20H12N4Na2O6S2. The Kier molecular flexibility index (Phi) is 11.2. The monoisotopic (exact) mass is 514 g/mol. The molecule has 162 valence electrons. The number of hydrogen-bond acceptors (Lipinski definition) is 11. The molecule has 0 aliphatic carbocycles. The first kappa shape index (κ1) is 29.0. The maximum absolute atomic E-state index is 11.1. The fourth-order valence-corrected chi connectivity index (χ4v) is 3.62. The molecule has 0 fully saturated rings. The van der Waals surface area contributed by atoms with Gasteiger partial charge in [-0.3, -0.25) is 10.0 Å². The SMILES string of the molecule is O=S(=O)([O-])c1ccc(-c2ccc(-c3nncc(-c4ccc(SOO[O-])cc4)n3)nc2)cc1.[Na+].[Na+]. The van der Waals surface area contributed by atoms with Gasteiger partial charge in [0, 0.05) is 22.2 Å². The van der Waals surface area contributed by atoms with Gasteiger partial charge in [0.15, 0.2) is 0 Å². The maximum Gasteiger partial charge on any atom is 1.00 e. The van der Waals surface area contributed by atoms with Crippen molar-refractivity contribution in [1.29, 1.82) is 0 Å². The molecule has 14 heteroatoms. The molecule has 4 rings (SSSR count). The van der Waals surface area contributed by atoms with Gasteiger partial charge in [0.2, 0.25) is 5.82 Å². The van der Waals surface area contributed by atoms with Crippen LogP contribution in [0.3, 0.4) is 0 Å². The smallest absolute Gasteiger partial charge is 0.744 e. The van der Waals surface area contributed by atoms with Crippen LogP contribution in [0.15, 0.2) is 82.8 Å². The van der Waals surface area contributed by atoms with Crippen molar-refractivity contribution >= 4 is 22.2 Å². The third-order valence-electron chi connectivity index (χ3n) is 4.34. The molecule has 0 unspecified atom stereocenters. The van der Waals surface area contributed by atoms with Crippen LogP contribution < -0.4 is 64.4 Å². The van der Waals surface area contributed by atoms with E-state index >= 15 is 0 Å². The van der Waals surface area contributed by atoms with Crippen molar-refractivity contribution in [3.05, 3.63) is 73.1 Å². The second-order valence-corrected chi connectivity index (χ2v) is 8.47. The zero-order chi connectivity index (χ0) is 22.6. The molecule has 0 atom stereocenters. The summed E-state index contributed by atoms with van der Waals surface area (Å²) in [5.41, 5.74) is 3.28. The summed E-state index contributed by atoms with van der Waals surface area (Å²) in [4.78, 5) is 9.25. The number of rotatable bonds is 7. The van der Waals surface area contributed by atoms with E-state index in [-0.39, 0.29) is 64.0 Å². The second-order valence-electron chi connectivity index (χ2n) is 6.32. The minimum Gasteiger partial charge on any atom is -0.744 e. The summed E-state index contributed by atoms with van der Waals surface area (Å²) in [5, 5.41) is 21.3. The molecule has 2 aromatic heterocycles. The van der Waals surface area contributed by atoms with E-state index in [0.29, 0.717) is 27.7 Å². The van der Waals surface area contributed by atoms with Crippen molar-refractivity contribution < 1.29 is 86.7 Å². The van der Waals surface area contributed by atoms with Crippen LogP contribution in [0.1, 0.15) is 0 Å². The second kappa shape index (κ2) is 13.2. The van der Waals surface area contributed by atoms with Crippen LogP contribution in [-0.4, -0.2) is 33.1 Å². The Bertz CT molecular complexity index is 1330. The zero-order valence-corrected chi connectivity index (χ0v) is 23.6. The van der Waals surface area contributed by atoms with Gasteiger partial charge in [-0.05, 0) is 35.9 Å². The van der Waals surface area contributed by atoms with Gasteiger partial charge in [-0.25, -0.2) is 13.4 Å². The fourth-order valence-electron chi connectivity index (χ4n) is 2.80. The Hall–Kier alpha value is -1.26. The summed E-state index contributed by atoms with van der Waals surface area (Å²) in [6.07, 6.45) is 3.11. The molecule has 0 radical (unpaired) electrons. The van der Waals surface area contributed by atoms with Gasteiger partial charge >= 0.3 is 59.1 Å². The number of benzene rings is 2. The molecular weight excluding hydrogens is 502 g/mol. The molecule has 0 spiro atoms. The molecule has 0 bridgehead atoms. The van der Waals surface area contributed by atoms with Crippen LogP contribution in [-0.2, 0) is 19.5 Å². The number of aromatic nitrogens is 4. The maximum atomic E-state index is 11.1. The molecule has 0 amide bonds. The number of nitrogens with zero attached hydrogens (tertiary/aromatic N) is 4. The van der Waals surface area contributed by atoms with E-state index in [0.717, 1.165) is 23.2 Å². The quantitative estimate of drug-likeness (QED) is 0.0792. The van der Waals surface area contributed by atoms with Crippen LogP contribution in [0, 0.1) is 0 Å². The van der Waals surface area contributed by atoms with Crippen molar-refractivity contribution in [1.82, 2.24) is 20.2 Å². The van der Waals surface area contributed by atoms with E-state index in [1.165, 1.54) is 30.5 Å². The van der Waals surface area contributed by atoms with Crippen molar-refractivity contribution in [2.45, 2.75) is 9.79 Å². The molecule has 4 aromatic rings. The van der Waals surface area contributed by atoms with E-state index in [2.05, 4.69) is 29.5 Å². The Balaban J connectivity index is 0.00000204. The minimum absolute atomic E-state index is 0. The average molecular weight is 514 g/mol. The van der Waals surface area contributed by atoms with Gasteiger partial charge in [0.1, 0.15) is 15.8 Å². The summed E-state index contributed by atoms with van der Waals surface area (Å²) in [5.74, 6) is 0.323. The molecule has 34 heavy (non-hydrogen) atoms. The van der Waals surface area contributed by atoms with Gasteiger partial charge in [-0.15, -0.1) is 5.10 Å². The summed E-state index contributed by atoms with van der Waals surface area (Å²) in [6, 6.07) is 16.1. The van der Waals surface area contributed by atoms with E-state index < -0.39 is 10.1 Å². The molecule has 0 aliphatic heterocycles. The largest absolute Gasteiger partial charge is 1.00 e. The average Bonchev–Trinajstić information content (AvgIpc) is 2.83. The van der Waals surface area contributed by atoms with E-state index in [4.69, 9.17) is 0 Å². The van der Waals surface area contributed by atoms with Crippen molar-refractivity contribution in [3.8, 4) is 33.9 Å². The Labute approximate surface area is 243 Å². The molecule has 0 saturated heterocycles. The van der Waals surface area contributed by atoms with Gasteiger partial charge in [-0.1, -0.05) is 30.3 Å². The Morgan fingerprint density at radius 2 is 1.44 bits per heavy atom. The normalized spacial score (nSPS) is 10.8. The molecule has 2 aromatic carbocycles. The predicted octanol–water partition coefficient (Wildman–Crippen LogP) is -3.59. The summed E-state index contributed by atoms with van der Waals surface area (Å²) < 4.78 is 37.5.